The van der Waals surface area contributed by atoms with E-state index in [1.165, 1.54) is 12.3 Å². The lowest BCUT2D eigenvalue weighted by molar-refractivity contribution is -0.385. The van der Waals surface area contributed by atoms with Crippen molar-refractivity contribution in [3.05, 3.63) is 63.7 Å². The first-order valence-corrected chi connectivity index (χ1v) is 6.84. The van der Waals surface area contributed by atoms with Gasteiger partial charge in [-0.1, -0.05) is 32.0 Å². The Balaban J connectivity index is 2.31. The van der Waals surface area contributed by atoms with Crippen LogP contribution in [-0.4, -0.2) is 16.2 Å². The third-order valence-corrected chi connectivity index (χ3v) is 3.18. The number of aromatic hydroxyl groups is 1. The molecule has 0 radical (unpaired) electrons. The van der Waals surface area contributed by atoms with Gasteiger partial charge in [-0.15, -0.1) is 0 Å². The number of nitro benzene ring substituents is 1. The number of para-hydroxylation sites is 1. The van der Waals surface area contributed by atoms with E-state index in [1.807, 2.05) is 44.2 Å². The minimum absolute atomic E-state index is 0.105. The van der Waals surface area contributed by atoms with Crippen LogP contribution in [0.4, 0.5) is 11.4 Å². The van der Waals surface area contributed by atoms with E-state index in [0.29, 0.717) is 5.56 Å². The topological polar surface area (TPSA) is 87.8 Å². The predicted octanol–water partition coefficient (Wildman–Crippen LogP) is 3.87. The minimum Gasteiger partial charge on any atom is -0.502 e. The maximum Gasteiger partial charge on any atom is 0.311 e. The minimum atomic E-state index is -0.594. The summed E-state index contributed by atoms with van der Waals surface area (Å²) in [6.07, 6.45) is 1.38. The third-order valence-electron chi connectivity index (χ3n) is 3.18. The average Bonchev–Trinajstić information content (AvgIpc) is 2.49. The first kappa shape index (κ1) is 15.5. The Hall–Kier alpha value is -2.89. The zero-order chi connectivity index (χ0) is 16.1. The molecule has 6 nitrogen and oxygen atoms in total. The number of anilines is 1. The molecular formula is C16H17N3O3. The fraction of sp³-hybridized carbons (Fsp3) is 0.188. The lowest BCUT2D eigenvalue weighted by Gasteiger charge is -2.08. The SMILES string of the molecule is CC(C)c1cc(C=NNc2ccccc2)c(O)c([N+](=O)[O-])c1. The summed E-state index contributed by atoms with van der Waals surface area (Å²) >= 11 is 0. The van der Waals surface area contributed by atoms with Crippen LogP contribution in [0, 0.1) is 10.1 Å². The Morgan fingerprint density at radius 1 is 1.27 bits per heavy atom. The highest BCUT2D eigenvalue weighted by molar-refractivity contribution is 5.86. The molecule has 2 aromatic carbocycles. The summed E-state index contributed by atoms with van der Waals surface area (Å²) < 4.78 is 0. The van der Waals surface area contributed by atoms with E-state index in [2.05, 4.69) is 10.5 Å². The number of rotatable bonds is 5. The number of hydrazone groups is 1. The molecule has 0 amide bonds. The number of nitrogens with zero attached hydrogens (tertiary/aromatic N) is 2. The highest BCUT2D eigenvalue weighted by Crippen LogP contribution is 2.32. The van der Waals surface area contributed by atoms with Gasteiger partial charge in [-0.3, -0.25) is 15.5 Å². The molecule has 114 valence electrons. The van der Waals surface area contributed by atoms with Gasteiger partial charge in [-0.2, -0.15) is 5.10 Å². The summed E-state index contributed by atoms with van der Waals surface area (Å²) in [4.78, 5) is 10.4. The van der Waals surface area contributed by atoms with Crippen LogP contribution in [-0.2, 0) is 0 Å². The standard InChI is InChI=1S/C16H17N3O3/c1-11(2)12-8-13(16(20)15(9-12)19(21)22)10-17-18-14-6-4-3-5-7-14/h3-11,18,20H,1-2H3. The zero-order valence-corrected chi connectivity index (χ0v) is 12.4. The lowest BCUT2D eigenvalue weighted by atomic mass is 9.99. The fourth-order valence-electron chi connectivity index (χ4n) is 1.92. The molecule has 0 spiro atoms. The molecule has 0 unspecified atom stereocenters. The number of nitro groups is 1. The molecule has 0 aromatic heterocycles. The predicted molar refractivity (Wildman–Crippen MR) is 86.5 cm³/mol. The van der Waals surface area contributed by atoms with Crippen molar-refractivity contribution in [3.63, 3.8) is 0 Å². The van der Waals surface area contributed by atoms with Crippen molar-refractivity contribution >= 4 is 17.6 Å². The summed E-state index contributed by atoms with van der Waals surface area (Å²) in [6.45, 7) is 3.86. The molecule has 0 atom stereocenters. The van der Waals surface area contributed by atoms with E-state index in [0.717, 1.165) is 11.3 Å². The van der Waals surface area contributed by atoms with Crippen LogP contribution in [0.1, 0.15) is 30.9 Å². The Labute approximate surface area is 128 Å². The summed E-state index contributed by atoms with van der Waals surface area (Å²) in [5.74, 6) is -0.276. The van der Waals surface area contributed by atoms with Crippen molar-refractivity contribution in [2.45, 2.75) is 19.8 Å². The van der Waals surface area contributed by atoms with Crippen LogP contribution in [0.5, 0.6) is 5.75 Å². The van der Waals surface area contributed by atoms with E-state index in [9.17, 15) is 15.2 Å². The first-order valence-electron chi connectivity index (χ1n) is 6.84. The van der Waals surface area contributed by atoms with Crippen molar-refractivity contribution in [2.24, 2.45) is 5.10 Å². The van der Waals surface area contributed by atoms with Gasteiger partial charge in [0, 0.05) is 11.6 Å². The number of hydrogen-bond donors (Lipinski definition) is 2. The maximum atomic E-state index is 11.0. The van der Waals surface area contributed by atoms with Gasteiger partial charge in [0.2, 0.25) is 5.75 Å². The molecule has 6 heteroatoms. The Kier molecular flexibility index (Phi) is 4.73. The smallest absolute Gasteiger partial charge is 0.311 e. The van der Waals surface area contributed by atoms with Gasteiger partial charge in [0.15, 0.2) is 0 Å². The van der Waals surface area contributed by atoms with Crippen molar-refractivity contribution < 1.29 is 10.0 Å². The van der Waals surface area contributed by atoms with E-state index >= 15 is 0 Å². The maximum absolute atomic E-state index is 11.0. The van der Waals surface area contributed by atoms with Crippen LogP contribution in [0.2, 0.25) is 0 Å². The van der Waals surface area contributed by atoms with Crippen LogP contribution < -0.4 is 5.43 Å². The highest BCUT2D eigenvalue weighted by atomic mass is 16.6. The van der Waals surface area contributed by atoms with Crippen LogP contribution in [0.25, 0.3) is 0 Å². The number of benzene rings is 2. The normalized spacial score (nSPS) is 11.0. The van der Waals surface area contributed by atoms with Crippen molar-refractivity contribution in [2.75, 3.05) is 5.43 Å². The average molecular weight is 299 g/mol. The number of hydrogen-bond acceptors (Lipinski definition) is 5. The molecule has 0 heterocycles. The first-order chi connectivity index (χ1) is 10.5. The molecule has 0 aliphatic rings. The quantitative estimate of drug-likeness (QED) is 0.498. The fourth-order valence-corrected chi connectivity index (χ4v) is 1.92. The Bertz CT molecular complexity index is 697. The van der Waals surface area contributed by atoms with Crippen molar-refractivity contribution in [1.29, 1.82) is 0 Å². The largest absolute Gasteiger partial charge is 0.502 e. The number of nitrogens with one attached hydrogen (secondary N) is 1. The highest BCUT2D eigenvalue weighted by Gasteiger charge is 2.19. The van der Waals surface area contributed by atoms with Crippen LogP contribution in [0.3, 0.4) is 0 Å². The second-order valence-electron chi connectivity index (χ2n) is 5.13. The number of phenolic OH excluding ortho intramolecular Hbond substituents is 1. The van der Waals surface area contributed by atoms with E-state index in [4.69, 9.17) is 0 Å². The van der Waals surface area contributed by atoms with Gasteiger partial charge in [0.1, 0.15) is 0 Å². The Morgan fingerprint density at radius 2 is 1.95 bits per heavy atom. The molecule has 2 N–H and O–H groups in total. The lowest BCUT2D eigenvalue weighted by Crippen LogP contribution is -1.98. The molecule has 0 aliphatic heterocycles. The third kappa shape index (κ3) is 3.60. The summed E-state index contributed by atoms with van der Waals surface area (Å²) in [5, 5.41) is 25.0. The van der Waals surface area contributed by atoms with Gasteiger partial charge >= 0.3 is 5.69 Å². The second-order valence-corrected chi connectivity index (χ2v) is 5.13. The monoisotopic (exact) mass is 299 g/mol. The molecule has 0 saturated heterocycles. The molecule has 0 aliphatic carbocycles. The molecule has 0 saturated carbocycles. The van der Waals surface area contributed by atoms with Crippen molar-refractivity contribution in [3.8, 4) is 5.75 Å². The van der Waals surface area contributed by atoms with Crippen molar-refractivity contribution in [1.82, 2.24) is 0 Å². The molecule has 0 fully saturated rings. The van der Waals surface area contributed by atoms with Gasteiger partial charge in [0.25, 0.3) is 0 Å². The summed E-state index contributed by atoms with van der Waals surface area (Å²) in [6, 6.07) is 12.4. The van der Waals surface area contributed by atoms with Gasteiger partial charge in [0.05, 0.1) is 16.8 Å². The summed E-state index contributed by atoms with van der Waals surface area (Å²) in [5.41, 5.74) is 4.35. The van der Waals surface area contributed by atoms with E-state index in [1.54, 1.807) is 6.07 Å². The van der Waals surface area contributed by atoms with Gasteiger partial charge < -0.3 is 5.11 Å². The Morgan fingerprint density at radius 3 is 2.55 bits per heavy atom. The molecule has 2 rings (SSSR count). The second kappa shape index (κ2) is 6.71. The van der Waals surface area contributed by atoms with Gasteiger partial charge in [-0.25, -0.2) is 0 Å². The molecule has 0 bridgehead atoms. The van der Waals surface area contributed by atoms with E-state index in [-0.39, 0.29) is 17.4 Å². The number of phenols is 1. The van der Waals surface area contributed by atoms with Crippen LogP contribution in [0.15, 0.2) is 47.6 Å². The molecule has 22 heavy (non-hydrogen) atoms. The van der Waals surface area contributed by atoms with Gasteiger partial charge in [-0.05, 0) is 29.7 Å². The zero-order valence-electron chi connectivity index (χ0n) is 12.4. The molecule has 2 aromatic rings. The molecular weight excluding hydrogens is 282 g/mol. The van der Waals surface area contributed by atoms with Crippen LogP contribution >= 0.6 is 0 Å². The summed E-state index contributed by atoms with van der Waals surface area (Å²) in [7, 11) is 0. The van der Waals surface area contributed by atoms with E-state index < -0.39 is 4.92 Å².